The van der Waals surface area contributed by atoms with Gasteiger partial charge in [-0.3, -0.25) is 14.4 Å². The molecule has 46 heavy (non-hydrogen) atoms. The SMILES string of the molecule is CC(C)(N)C(=O)N[C@H](COCc1ccccc1)C(=O)Nc1cn(C(C(=O)N2CC3CCC4(C3)CC4C2)c2ccccc2)cn1.Cl.Cl. The molecular formula is C34H44Cl2N6O4. The Morgan fingerprint density at radius 2 is 1.74 bits per heavy atom. The number of aromatic nitrogens is 2. The van der Waals surface area contributed by atoms with E-state index in [9.17, 15) is 14.4 Å². The monoisotopic (exact) mass is 670 g/mol. The van der Waals surface area contributed by atoms with Gasteiger partial charge in [0.15, 0.2) is 5.82 Å². The van der Waals surface area contributed by atoms with E-state index >= 15 is 0 Å². The summed E-state index contributed by atoms with van der Waals surface area (Å²) in [6.07, 6.45) is 8.23. The first-order valence-electron chi connectivity index (χ1n) is 15.5. The van der Waals surface area contributed by atoms with E-state index in [-0.39, 0.29) is 49.8 Å². The summed E-state index contributed by atoms with van der Waals surface area (Å²) >= 11 is 0. The van der Waals surface area contributed by atoms with E-state index < -0.39 is 29.4 Å². The van der Waals surface area contributed by atoms with Gasteiger partial charge in [-0.15, -0.1) is 24.8 Å². The van der Waals surface area contributed by atoms with Crippen molar-refractivity contribution in [2.75, 3.05) is 25.0 Å². The third-order valence-corrected chi connectivity index (χ3v) is 9.44. The van der Waals surface area contributed by atoms with Crippen molar-refractivity contribution in [1.82, 2.24) is 19.8 Å². The molecule has 1 aliphatic heterocycles. The first-order chi connectivity index (χ1) is 21.1. The molecule has 0 radical (unpaired) electrons. The first-order valence-corrected chi connectivity index (χ1v) is 15.5. The minimum absolute atomic E-state index is 0. The Hall–Kier alpha value is -3.44. The lowest BCUT2D eigenvalue weighted by Gasteiger charge is -2.30. The van der Waals surface area contributed by atoms with Crippen molar-refractivity contribution in [2.24, 2.45) is 23.0 Å². The Kier molecular flexibility index (Phi) is 11.2. The van der Waals surface area contributed by atoms with Crippen molar-refractivity contribution < 1.29 is 19.1 Å². The van der Waals surface area contributed by atoms with Crippen molar-refractivity contribution in [3.8, 4) is 0 Å². The van der Waals surface area contributed by atoms with Crippen molar-refractivity contribution in [1.29, 1.82) is 0 Å². The molecule has 12 heteroatoms. The number of nitrogens with two attached hydrogens (primary N) is 1. The molecule has 248 valence electrons. The number of benzene rings is 2. The first kappa shape index (κ1) is 35.4. The lowest BCUT2D eigenvalue weighted by molar-refractivity contribution is -0.134. The topological polar surface area (TPSA) is 132 Å². The highest BCUT2D eigenvalue weighted by atomic mass is 35.5. The molecule has 1 aromatic heterocycles. The fourth-order valence-corrected chi connectivity index (χ4v) is 6.91. The Bertz CT molecular complexity index is 1490. The van der Waals surface area contributed by atoms with E-state index in [1.165, 1.54) is 25.7 Å². The highest BCUT2D eigenvalue weighted by Gasteiger charge is 2.60. The molecule has 1 saturated heterocycles. The minimum atomic E-state index is -1.18. The van der Waals surface area contributed by atoms with Crippen LogP contribution >= 0.6 is 24.8 Å². The second-order valence-electron chi connectivity index (χ2n) is 13.4. The summed E-state index contributed by atoms with van der Waals surface area (Å²) in [6, 6.07) is 17.6. The van der Waals surface area contributed by atoms with E-state index in [0.717, 1.165) is 24.2 Å². The average Bonchev–Trinajstić information content (AvgIpc) is 3.26. The lowest BCUT2D eigenvalue weighted by Crippen LogP contribution is -2.56. The molecule has 3 amide bonds. The summed E-state index contributed by atoms with van der Waals surface area (Å²) in [5, 5.41) is 5.52. The predicted octanol–water partition coefficient (Wildman–Crippen LogP) is 4.34. The van der Waals surface area contributed by atoms with Crippen LogP contribution in [0.3, 0.4) is 0 Å². The Morgan fingerprint density at radius 1 is 1.04 bits per heavy atom. The van der Waals surface area contributed by atoms with Crippen molar-refractivity contribution in [3.63, 3.8) is 0 Å². The van der Waals surface area contributed by atoms with Gasteiger partial charge >= 0.3 is 0 Å². The number of nitrogens with zero attached hydrogens (tertiary/aromatic N) is 3. The zero-order valence-corrected chi connectivity index (χ0v) is 27.9. The second kappa shape index (κ2) is 14.5. The van der Waals surface area contributed by atoms with Crippen molar-refractivity contribution in [3.05, 3.63) is 84.3 Å². The van der Waals surface area contributed by atoms with Gasteiger partial charge in [0.1, 0.15) is 12.1 Å². The molecular weight excluding hydrogens is 627 g/mol. The van der Waals surface area contributed by atoms with E-state index in [1.807, 2.05) is 60.7 Å². The fraction of sp³-hybridized carbons (Fsp3) is 0.471. The van der Waals surface area contributed by atoms with Crippen LogP contribution in [-0.4, -0.2) is 63.4 Å². The number of rotatable bonds is 11. The van der Waals surface area contributed by atoms with Crippen LogP contribution < -0.4 is 16.4 Å². The summed E-state index contributed by atoms with van der Waals surface area (Å²) in [4.78, 5) is 46.8. The number of halogens is 2. The predicted molar refractivity (Wildman–Crippen MR) is 181 cm³/mol. The number of fused-ring (bicyclic) bond motifs is 1. The highest BCUT2D eigenvalue weighted by molar-refractivity contribution is 5.98. The molecule has 2 aliphatic carbocycles. The minimum Gasteiger partial charge on any atom is -0.374 e. The number of nitrogens with one attached hydrogen (secondary N) is 2. The number of imidazole rings is 1. The summed E-state index contributed by atoms with van der Waals surface area (Å²) in [6.45, 7) is 4.96. The van der Waals surface area contributed by atoms with Gasteiger partial charge in [-0.05, 0) is 67.9 Å². The summed E-state index contributed by atoms with van der Waals surface area (Å²) in [5.41, 5.74) is 7.08. The molecule has 1 spiro atoms. The van der Waals surface area contributed by atoms with Crippen LogP contribution in [0.4, 0.5) is 5.82 Å². The second-order valence-corrected chi connectivity index (χ2v) is 13.4. The van der Waals surface area contributed by atoms with E-state index in [4.69, 9.17) is 10.5 Å². The molecule has 6 rings (SSSR count). The number of anilines is 1. The van der Waals surface area contributed by atoms with Crippen LogP contribution in [0.5, 0.6) is 0 Å². The van der Waals surface area contributed by atoms with Crippen molar-refractivity contribution >= 4 is 48.4 Å². The molecule has 2 bridgehead atoms. The largest absolute Gasteiger partial charge is 0.374 e. The van der Waals surface area contributed by atoms with Gasteiger partial charge in [0, 0.05) is 19.3 Å². The maximum absolute atomic E-state index is 14.2. The van der Waals surface area contributed by atoms with Gasteiger partial charge in [-0.2, -0.15) is 0 Å². The van der Waals surface area contributed by atoms with Crippen molar-refractivity contribution in [2.45, 2.75) is 63.8 Å². The van der Waals surface area contributed by atoms with Gasteiger partial charge in [0.25, 0.3) is 5.91 Å². The Labute approximate surface area is 282 Å². The van der Waals surface area contributed by atoms with Gasteiger partial charge < -0.3 is 30.6 Å². The number of likely N-dealkylation sites (tertiary alicyclic amines) is 1. The maximum Gasteiger partial charge on any atom is 0.250 e. The molecule has 3 aromatic rings. The standard InChI is InChI=1S/C34H42N6O4.2ClH/c1-33(2,35)32(43)37-27(21-44-20-23-9-5-3-6-10-23)30(41)38-28-19-40(22-36-28)29(25-11-7-4-8-12-25)31(42)39-17-24-13-14-34(15-24)16-26(34)18-39;;/h3-12,19,22,24,26-27,29H,13-18,20-21,35H2,1-2H3,(H,37,43)(H,38,41);2*1H/t24?,26?,27-,29?,34?;;/m1../s1. The maximum atomic E-state index is 14.2. The van der Waals surface area contributed by atoms with Crippen LogP contribution in [0, 0.1) is 17.3 Å². The highest BCUT2D eigenvalue weighted by Crippen LogP contribution is 2.65. The summed E-state index contributed by atoms with van der Waals surface area (Å²) in [5.74, 6) is 0.508. The van der Waals surface area contributed by atoms with Crippen LogP contribution in [0.25, 0.3) is 0 Å². The normalized spacial score (nSPS) is 22.6. The number of carbonyl (C=O) groups is 3. The third-order valence-electron chi connectivity index (χ3n) is 9.44. The summed E-state index contributed by atoms with van der Waals surface area (Å²) in [7, 11) is 0. The zero-order chi connectivity index (χ0) is 30.9. The number of hydrogen-bond acceptors (Lipinski definition) is 6. The smallest absolute Gasteiger partial charge is 0.250 e. The number of hydrogen-bond donors (Lipinski definition) is 3. The van der Waals surface area contributed by atoms with E-state index in [2.05, 4.69) is 20.5 Å². The van der Waals surface area contributed by atoms with Crippen LogP contribution in [-0.2, 0) is 25.7 Å². The lowest BCUT2D eigenvalue weighted by atomic mass is 10.0. The molecule has 2 heterocycles. The summed E-state index contributed by atoms with van der Waals surface area (Å²) < 4.78 is 7.57. The Morgan fingerprint density at radius 3 is 2.43 bits per heavy atom. The number of ether oxygens (including phenoxy) is 1. The van der Waals surface area contributed by atoms with E-state index in [0.29, 0.717) is 17.3 Å². The average molecular weight is 672 g/mol. The fourth-order valence-electron chi connectivity index (χ4n) is 6.91. The molecule has 2 aromatic carbocycles. The molecule has 4 unspecified atom stereocenters. The molecule has 5 atom stereocenters. The quantitative estimate of drug-likeness (QED) is 0.278. The number of carbonyl (C=O) groups excluding carboxylic acids is 3. The Balaban J connectivity index is 0.00000240. The van der Waals surface area contributed by atoms with Crippen LogP contribution in [0.2, 0.25) is 0 Å². The van der Waals surface area contributed by atoms with Gasteiger partial charge in [-0.25, -0.2) is 4.98 Å². The molecule has 3 aliphatic rings. The van der Waals surface area contributed by atoms with Gasteiger partial charge in [0.05, 0.1) is 25.1 Å². The third kappa shape index (κ3) is 7.91. The molecule has 2 saturated carbocycles. The zero-order valence-electron chi connectivity index (χ0n) is 26.3. The van der Waals surface area contributed by atoms with Gasteiger partial charge in [0.2, 0.25) is 11.8 Å². The van der Waals surface area contributed by atoms with E-state index in [1.54, 1.807) is 30.9 Å². The molecule has 3 fully saturated rings. The molecule has 4 N–H and O–H groups in total. The van der Waals surface area contributed by atoms with Gasteiger partial charge in [-0.1, -0.05) is 60.7 Å². The molecule has 10 nitrogen and oxygen atoms in total. The van der Waals surface area contributed by atoms with Crippen LogP contribution in [0.15, 0.2) is 73.2 Å². The van der Waals surface area contributed by atoms with Crippen LogP contribution in [0.1, 0.15) is 56.7 Å². The number of amides is 3.